The Balaban J connectivity index is 1.35. The molecule has 0 saturated heterocycles. The largest absolute Gasteiger partial charge is 0.483 e. The first-order valence-electron chi connectivity index (χ1n) is 14.6. The van der Waals surface area contributed by atoms with Crippen molar-refractivity contribution in [2.75, 3.05) is 13.2 Å². The van der Waals surface area contributed by atoms with Gasteiger partial charge in [-0.2, -0.15) is 0 Å². The van der Waals surface area contributed by atoms with E-state index < -0.39 is 11.8 Å². The van der Waals surface area contributed by atoms with E-state index in [-0.39, 0.29) is 48.7 Å². The van der Waals surface area contributed by atoms with Gasteiger partial charge in [0, 0.05) is 11.8 Å². The molecule has 0 bridgehead atoms. The first-order chi connectivity index (χ1) is 19.9. The molecule has 0 unspecified atom stereocenters. The Labute approximate surface area is 248 Å². The molecule has 2 aromatic carbocycles. The van der Waals surface area contributed by atoms with E-state index in [0.717, 1.165) is 22.3 Å². The van der Waals surface area contributed by atoms with Crippen molar-refractivity contribution in [2.24, 2.45) is 11.8 Å². The molecule has 0 aromatic heterocycles. The molecule has 1 aliphatic carbocycles. The van der Waals surface area contributed by atoms with Gasteiger partial charge in [0.1, 0.15) is 11.5 Å². The maximum atomic E-state index is 12.6. The van der Waals surface area contributed by atoms with Crippen LogP contribution in [0, 0.1) is 25.7 Å². The second kappa shape index (κ2) is 15.2. The molecule has 1 aliphatic rings. The Morgan fingerprint density at radius 3 is 1.33 bits per heavy atom. The molecule has 3 rings (SSSR count). The molecule has 228 valence electrons. The molecule has 4 amide bonds. The predicted octanol–water partition coefficient (Wildman–Crippen LogP) is 4.11. The maximum absolute atomic E-state index is 12.6. The number of ether oxygens (including phenoxy) is 2. The van der Waals surface area contributed by atoms with Gasteiger partial charge in [0.05, 0.1) is 0 Å². The van der Waals surface area contributed by atoms with Gasteiger partial charge in [0.2, 0.25) is 11.8 Å². The van der Waals surface area contributed by atoms with Crippen molar-refractivity contribution in [2.45, 2.75) is 79.1 Å². The average molecular weight is 581 g/mol. The van der Waals surface area contributed by atoms with Crippen molar-refractivity contribution in [1.82, 2.24) is 21.7 Å². The number of aryl methyl sites for hydroxylation is 2. The number of hydrogen-bond acceptors (Lipinski definition) is 6. The number of amides is 4. The van der Waals surface area contributed by atoms with E-state index in [1.54, 1.807) is 0 Å². The first kappa shape index (κ1) is 32.4. The number of carbonyl (C=O) groups excluding carboxylic acids is 4. The summed E-state index contributed by atoms with van der Waals surface area (Å²) >= 11 is 0. The monoisotopic (exact) mass is 580 g/mol. The number of carbonyl (C=O) groups is 4. The van der Waals surface area contributed by atoms with E-state index >= 15 is 0 Å². The molecule has 1 saturated carbocycles. The summed E-state index contributed by atoms with van der Waals surface area (Å²) in [6, 6.07) is 11.8. The SMILES string of the molecule is Cc1ccc(C(C)C)c(OCC(=O)NNC(=O)C2CCC(C(=O)NNC(=O)COc3cc(C)ccc3C(C)C)CC2)c1. The van der Waals surface area contributed by atoms with Gasteiger partial charge in [-0.3, -0.25) is 40.9 Å². The molecule has 1 fully saturated rings. The van der Waals surface area contributed by atoms with Crippen LogP contribution in [0.5, 0.6) is 11.5 Å². The van der Waals surface area contributed by atoms with Crippen LogP contribution in [-0.2, 0) is 19.2 Å². The van der Waals surface area contributed by atoms with Crippen molar-refractivity contribution in [1.29, 1.82) is 0 Å². The van der Waals surface area contributed by atoms with E-state index in [1.165, 1.54) is 0 Å². The van der Waals surface area contributed by atoms with Crippen LogP contribution in [0.2, 0.25) is 0 Å². The highest BCUT2D eigenvalue weighted by Crippen LogP contribution is 2.30. The van der Waals surface area contributed by atoms with Crippen LogP contribution in [0.1, 0.15) is 87.5 Å². The highest BCUT2D eigenvalue weighted by molar-refractivity contribution is 5.85. The van der Waals surface area contributed by atoms with Crippen LogP contribution in [0.25, 0.3) is 0 Å². The number of benzene rings is 2. The third-order valence-electron chi connectivity index (χ3n) is 7.42. The van der Waals surface area contributed by atoms with Gasteiger partial charge in [-0.1, -0.05) is 52.0 Å². The molecule has 0 heterocycles. The summed E-state index contributed by atoms with van der Waals surface area (Å²) in [5.41, 5.74) is 13.9. The van der Waals surface area contributed by atoms with E-state index in [0.29, 0.717) is 37.2 Å². The van der Waals surface area contributed by atoms with Gasteiger partial charge in [-0.15, -0.1) is 0 Å². The molecule has 4 N–H and O–H groups in total. The van der Waals surface area contributed by atoms with Crippen LogP contribution in [0.15, 0.2) is 36.4 Å². The Hall–Kier alpha value is -4.08. The lowest BCUT2D eigenvalue weighted by molar-refractivity contribution is -0.135. The molecule has 0 spiro atoms. The van der Waals surface area contributed by atoms with Crippen molar-refractivity contribution >= 4 is 23.6 Å². The zero-order valence-electron chi connectivity index (χ0n) is 25.5. The molecule has 0 aliphatic heterocycles. The van der Waals surface area contributed by atoms with E-state index in [1.807, 2.05) is 50.2 Å². The van der Waals surface area contributed by atoms with Crippen LogP contribution in [-0.4, -0.2) is 36.8 Å². The molecular formula is C32H44N4O6. The molecular weight excluding hydrogens is 536 g/mol. The Kier molecular flexibility index (Phi) is 11.8. The number of nitrogens with one attached hydrogen (secondary N) is 4. The lowest BCUT2D eigenvalue weighted by atomic mass is 9.81. The standard InChI is InChI=1S/C32H44N4O6/c1-19(2)25-13-7-21(5)15-27(25)41-17-29(37)33-35-31(39)23-9-11-24(12-10-23)32(40)36-34-30(38)18-42-28-16-22(6)8-14-26(28)20(3)4/h7-8,13-16,19-20,23-24H,9-12,17-18H2,1-6H3,(H,33,37)(H,34,38)(H,35,39)(H,36,40). The van der Waals surface area contributed by atoms with Gasteiger partial charge in [-0.05, 0) is 85.8 Å². The summed E-state index contributed by atoms with van der Waals surface area (Å²) in [6.45, 7) is 11.7. The fourth-order valence-corrected chi connectivity index (χ4v) is 4.93. The number of rotatable bonds is 10. The Morgan fingerprint density at radius 2 is 1.00 bits per heavy atom. The smallest absolute Gasteiger partial charge is 0.276 e. The fraction of sp³-hybridized carbons (Fsp3) is 0.500. The molecule has 42 heavy (non-hydrogen) atoms. The van der Waals surface area contributed by atoms with Crippen LogP contribution in [0.3, 0.4) is 0 Å². The van der Waals surface area contributed by atoms with E-state index in [9.17, 15) is 19.2 Å². The Morgan fingerprint density at radius 1 is 0.643 bits per heavy atom. The lowest BCUT2D eigenvalue weighted by Crippen LogP contribution is -2.49. The zero-order chi connectivity index (χ0) is 30.8. The minimum absolute atomic E-state index is 0.225. The van der Waals surface area contributed by atoms with Gasteiger partial charge < -0.3 is 9.47 Å². The molecule has 0 atom stereocenters. The Bertz CT molecular complexity index is 1170. The topological polar surface area (TPSA) is 135 Å². The third kappa shape index (κ3) is 9.49. The maximum Gasteiger partial charge on any atom is 0.276 e. The fourth-order valence-electron chi connectivity index (χ4n) is 4.93. The average Bonchev–Trinajstić information content (AvgIpc) is 2.96. The lowest BCUT2D eigenvalue weighted by Gasteiger charge is -2.27. The molecule has 2 aromatic rings. The molecule has 0 radical (unpaired) electrons. The quantitative estimate of drug-likeness (QED) is 0.313. The van der Waals surface area contributed by atoms with Crippen LogP contribution >= 0.6 is 0 Å². The van der Waals surface area contributed by atoms with Gasteiger partial charge in [-0.25, -0.2) is 0 Å². The number of hydrogen-bond donors (Lipinski definition) is 4. The van der Waals surface area contributed by atoms with Gasteiger partial charge >= 0.3 is 0 Å². The summed E-state index contributed by atoms with van der Waals surface area (Å²) in [7, 11) is 0. The van der Waals surface area contributed by atoms with Gasteiger partial charge in [0.25, 0.3) is 11.8 Å². The zero-order valence-corrected chi connectivity index (χ0v) is 25.5. The minimum Gasteiger partial charge on any atom is -0.483 e. The summed E-state index contributed by atoms with van der Waals surface area (Å²) in [5, 5.41) is 0. The second-order valence-corrected chi connectivity index (χ2v) is 11.6. The first-order valence-corrected chi connectivity index (χ1v) is 14.6. The summed E-state index contributed by atoms with van der Waals surface area (Å²) in [5.74, 6) is -0.395. The minimum atomic E-state index is -0.463. The third-order valence-corrected chi connectivity index (χ3v) is 7.42. The van der Waals surface area contributed by atoms with E-state index in [4.69, 9.17) is 9.47 Å². The van der Waals surface area contributed by atoms with Gasteiger partial charge in [0.15, 0.2) is 13.2 Å². The van der Waals surface area contributed by atoms with Crippen molar-refractivity contribution in [3.05, 3.63) is 58.7 Å². The van der Waals surface area contributed by atoms with Crippen molar-refractivity contribution in [3.63, 3.8) is 0 Å². The van der Waals surface area contributed by atoms with E-state index in [2.05, 4.69) is 49.4 Å². The summed E-state index contributed by atoms with van der Waals surface area (Å²) in [6.07, 6.45) is 1.94. The van der Waals surface area contributed by atoms with Crippen molar-refractivity contribution in [3.8, 4) is 11.5 Å². The predicted molar refractivity (Wildman–Crippen MR) is 160 cm³/mol. The second-order valence-electron chi connectivity index (χ2n) is 11.6. The van der Waals surface area contributed by atoms with Crippen molar-refractivity contribution < 1.29 is 28.7 Å². The summed E-state index contributed by atoms with van der Waals surface area (Å²) in [4.78, 5) is 49.7. The van der Waals surface area contributed by atoms with Crippen LogP contribution in [0.4, 0.5) is 0 Å². The molecule has 10 heteroatoms. The summed E-state index contributed by atoms with van der Waals surface area (Å²) < 4.78 is 11.4. The normalized spacial score (nSPS) is 16.5. The molecule has 10 nitrogen and oxygen atoms in total. The highest BCUT2D eigenvalue weighted by atomic mass is 16.5. The van der Waals surface area contributed by atoms with Crippen LogP contribution < -0.4 is 31.2 Å². The number of hydrazine groups is 2. The highest BCUT2D eigenvalue weighted by Gasteiger charge is 2.30.